The summed E-state index contributed by atoms with van der Waals surface area (Å²) >= 11 is 0. The van der Waals surface area contributed by atoms with Crippen LogP contribution in [0.2, 0.25) is 0 Å². The molecule has 1 heterocycles. The smallest absolute Gasteiger partial charge is 0.275 e. The summed E-state index contributed by atoms with van der Waals surface area (Å²) in [6, 6.07) is 8.79. The van der Waals surface area contributed by atoms with Gasteiger partial charge >= 0.3 is 0 Å². The van der Waals surface area contributed by atoms with Gasteiger partial charge in [0.15, 0.2) is 0 Å². The summed E-state index contributed by atoms with van der Waals surface area (Å²) in [6.45, 7) is 0.473. The quantitative estimate of drug-likeness (QED) is 0.431. The van der Waals surface area contributed by atoms with Crippen molar-refractivity contribution in [1.29, 1.82) is 0 Å². The molecule has 1 aliphatic carbocycles. The summed E-state index contributed by atoms with van der Waals surface area (Å²) in [5, 5.41) is 2.67. The maximum atomic E-state index is 12.7. The van der Waals surface area contributed by atoms with E-state index in [1.807, 2.05) is 6.07 Å². The van der Waals surface area contributed by atoms with Crippen molar-refractivity contribution in [2.24, 2.45) is 5.92 Å². The Hall–Kier alpha value is -2.97. The Morgan fingerprint density at radius 2 is 2.03 bits per heavy atom. The van der Waals surface area contributed by atoms with Gasteiger partial charge in [-0.3, -0.25) is 14.4 Å². The van der Waals surface area contributed by atoms with Crippen molar-refractivity contribution in [3.63, 3.8) is 0 Å². The second-order valence-corrected chi connectivity index (χ2v) is 7.47. The second-order valence-electron chi connectivity index (χ2n) is 7.47. The first-order valence-electron chi connectivity index (χ1n) is 10.1. The van der Waals surface area contributed by atoms with E-state index in [1.165, 1.54) is 20.0 Å². The van der Waals surface area contributed by atoms with Crippen molar-refractivity contribution < 1.29 is 19.2 Å². The van der Waals surface area contributed by atoms with Crippen LogP contribution < -0.4 is 16.5 Å². The molecule has 0 spiro atoms. The van der Waals surface area contributed by atoms with Crippen LogP contribution in [0.5, 0.6) is 0 Å². The molecule has 1 aromatic carbocycles. The number of ether oxygens (including phenoxy) is 1. The number of nitrogens with one attached hydrogen (secondary N) is 2. The maximum absolute atomic E-state index is 12.7. The topological polar surface area (TPSA) is 116 Å². The van der Waals surface area contributed by atoms with Gasteiger partial charge in [-0.2, -0.15) is 0 Å². The standard InChI is InChI=1S/C22H28N4O4/c1-29-14-21(27)25-20-12-16(9-10-24-20)11-18-17(7-4-8-19(18)23)22(28)26-30-13-15-5-2-3-6-15/h4,7-10,12,15H,2-3,5-6,11,13-14,23H2,1H3,(H,26,28)(H,24,25,27). The number of nitrogen functional groups attached to an aromatic ring is 1. The van der Waals surface area contributed by atoms with Crippen LogP contribution in [-0.4, -0.2) is 37.1 Å². The first-order chi connectivity index (χ1) is 14.6. The van der Waals surface area contributed by atoms with Gasteiger partial charge in [-0.1, -0.05) is 18.9 Å². The first kappa shape index (κ1) is 21.7. The van der Waals surface area contributed by atoms with Crippen molar-refractivity contribution in [1.82, 2.24) is 10.5 Å². The number of nitrogens with two attached hydrogens (primary N) is 1. The van der Waals surface area contributed by atoms with Gasteiger partial charge in [0.25, 0.3) is 11.8 Å². The van der Waals surface area contributed by atoms with Crippen molar-refractivity contribution >= 4 is 23.3 Å². The summed E-state index contributed by atoms with van der Waals surface area (Å²) in [6.07, 6.45) is 6.74. The summed E-state index contributed by atoms with van der Waals surface area (Å²) < 4.78 is 4.81. The van der Waals surface area contributed by atoms with Crippen LogP contribution in [0.25, 0.3) is 0 Å². The third-order valence-corrected chi connectivity index (χ3v) is 5.16. The van der Waals surface area contributed by atoms with Gasteiger partial charge in [0, 0.05) is 31.0 Å². The lowest BCUT2D eigenvalue weighted by Crippen LogP contribution is -2.27. The zero-order valence-corrected chi connectivity index (χ0v) is 17.1. The molecule has 8 nitrogen and oxygen atoms in total. The van der Waals surface area contributed by atoms with Crippen LogP contribution >= 0.6 is 0 Å². The van der Waals surface area contributed by atoms with Crippen LogP contribution in [0.4, 0.5) is 11.5 Å². The van der Waals surface area contributed by atoms with Gasteiger partial charge in [-0.25, -0.2) is 10.5 Å². The third kappa shape index (κ3) is 6.01. The number of amides is 2. The molecule has 0 atom stereocenters. The highest BCUT2D eigenvalue weighted by Crippen LogP contribution is 2.25. The number of hydrogen-bond acceptors (Lipinski definition) is 6. The molecule has 0 aliphatic heterocycles. The van der Waals surface area contributed by atoms with E-state index in [4.69, 9.17) is 15.3 Å². The van der Waals surface area contributed by atoms with Gasteiger partial charge in [0.2, 0.25) is 0 Å². The number of carbonyl (C=O) groups excluding carboxylic acids is 2. The van der Waals surface area contributed by atoms with Crippen LogP contribution in [-0.2, 0) is 20.8 Å². The molecule has 1 fully saturated rings. The number of nitrogens with zero attached hydrogens (tertiary/aromatic N) is 1. The second kappa shape index (κ2) is 10.7. The van der Waals surface area contributed by atoms with E-state index in [9.17, 15) is 9.59 Å². The molecule has 3 rings (SSSR count). The average molecular weight is 412 g/mol. The summed E-state index contributed by atoms with van der Waals surface area (Å²) in [5.41, 5.74) is 11.3. The van der Waals surface area contributed by atoms with Crippen molar-refractivity contribution in [3.05, 3.63) is 53.2 Å². The largest absolute Gasteiger partial charge is 0.398 e. The average Bonchev–Trinajstić information content (AvgIpc) is 3.23. The molecule has 8 heteroatoms. The number of pyridine rings is 1. The molecule has 2 amide bonds. The van der Waals surface area contributed by atoms with Gasteiger partial charge in [-0.15, -0.1) is 0 Å². The van der Waals surface area contributed by atoms with Gasteiger partial charge in [0.05, 0.1) is 6.61 Å². The highest BCUT2D eigenvalue weighted by Gasteiger charge is 2.18. The van der Waals surface area contributed by atoms with E-state index in [1.54, 1.807) is 30.5 Å². The van der Waals surface area contributed by atoms with E-state index in [0.29, 0.717) is 41.6 Å². The summed E-state index contributed by atoms with van der Waals surface area (Å²) in [5.74, 6) is 0.308. The molecule has 30 heavy (non-hydrogen) atoms. The molecular formula is C22H28N4O4. The highest BCUT2D eigenvalue weighted by atomic mass is 16.6. The lowest BCUT2D eigenvalue weighted by atomic mass is 9.98. The van der Waals surface area contributed by atoms with Crippen LogP contribution in [0.3, 0.4) is 0 Å². The normalized spacial score (nSPS) is 13.9. The van der Waals surface area contributed by atoms with Crippen molar-refractivity contribution in [2.45, 2.75) is 32.1 Å². The molecule has 2 aromatic rings. The molecule has 1 aliphatic rings. The monoisotopic (exact) mass is 412 g/mol. The molecule has 1 saturated carbocycles. The third-order valence-electron chi connectivity index (χ3n) is 5.16. The van der Waals surface area contributed by atoms with Gasteiger partial charge in [0.1, 0.15) is 12.4 Å². The van der Waals surface area contributed by atoms with E-state index in [2.05, 4.69) is 15.8 Å². The Morgan fingerprint density at radius 1 is 1.23 bits per heavy atom. The lowest BCUT2D eigenvalue weighted by molar-refractivity contribution is -0.119. The van der Waals surface area contributed by atoms with Crippen LogP contribution in [0.15, 0.2) is 36.5 Å². The maximum Gasteiger partial charge on any atom is 0.275 e. The molecular weight excluding hydrogens is 384 g/mol. The summed E-state index contributed by atoms with van der Waals surface area (Å²) in [4.78, 5) is 34.0. The van der Waals surface area contributed by atoms with E-state index >= 15 is 0 Å². The Morgan fingerprint density at radius 3 is 2.80 bits per heavy atom. The van der Waals surface area contributed by atoms with Crippen LogP contribution in [0.1, 0.15) is 47.2 Å². The fourth-order valence-electron chi connectivity index (χ4n) is 3.64. The zero-order chi connectivity index (χ0) is 21.3. The molecule has 160 valence electrons. The molecule has 0 bridgehead atoms. The minimum absolute atomic E-state index is 0.0529. The molecule has 4 N–H and O–H groups in total. The Labute approximate surface area is 176 Å². The van der Waals surface area contributed by atoms with E-state index in [-0.39, 0.29) is 18.4 Å². The van der Waals surface area contributed by atoms with Gasteiger partial charge in [-0.05, 0) is 54.2 Å². The number of hydroxylamine groups is 1. The van der Waals surface area contributed by atoms with Crippen molar-refractivity contribution in [2.75, 3.05) is 31.4 Å². The number of carbonyl (C=O) groups is 2. The highest BCUT2D eigenvalue weighted by molar-refractivity contribution is 5.96. The van der Waals surface area contributed by atoms with E-state index in [0.717, 1.165) is 18.4 Å². The zero-order valence-electron chi connectivity index (χ0n) is 17.1. The Bertz CT molecular complexity index is 881. The SMILES string of the molecule is COCC(=O)Nc1cc(Cc2c(N)cccc2C(=O)NOCC2CCCC2)ccn1. The summed E-state index contributed by atoms with van der Waals surface area (Å²) in [7, 11) is 1.45. The molecule has 1 aromatic heterocycles. The molecule has 0 radical (unpaired) electrons. The number of rotatable bonds is 9. The number of hydrogen-bond donors (Lipinski definition) is 3. The molecule has 0 unspecified atom stereocenters. The number of aromatic nitrogens is 1. The number of methoxy groups -OCH3 is 1. The predicted molar refractivity (Wildman–Crippen MR) is 114 cm³/mol. The van der Waals surface area contributed by atoms with Crippen LogP contribution in [0, 0.1) is 5.92 Å². The van der Waals surface area contributed by atoms with Gasteiger partial charge < -0.3 is 15.8 Å². The minimum atomic E-state index is -0.321. The number of anilines is 2. The first-order valence-corrected chi connectivity index (χ1v) is 10.1. The Kier molecular flexibility index (Phi) is 7.75. The fraction of sp³-hybridized carbons (Fsp3) is 0.409. The lowest BCUT2D eigenvalue weighted by Gasteiger charge is -2.14. The van der Waals surface area contributed by atoms with Crippen molar-refractivity contribution in [3.8, 4) is 0 Å². The molecule has 0 saturated heterocycles. The predicted octanol–water partition coefficient (Wildman–Crippen LogP) is 2.69. The minimum Gasteiger partial charge on any atom is -0.398 e. The number of benzene rings is 1. The fourth-order valence-corrected chi connectivity index (χ4v) is 3.64. The Balaban J connectivity index is 1.68. The van der Waals surface area contributed by atoms with E-state index < -0.39 is 0 Å².